The van der Waals surface area contributed by atoms with E-state index >= 15 is 0 Å². The molecule has 23 heavy (non-hydrogen) atoms. The van der Waals surface area contributed by atoms with Crippen LogP contribution in [-0.4, -0.2) is 49.3 Å². The number of thiophene rings is 1. The number of aliphatic imine (C=N–C) groups is 1. The topological polar surface area (TPSA) is 45.7 Å². The molecule has 0 aliphatic carbocycles. The number of thioether (sulfide) groups is 1. The summed E-state index contributed by atoms with van der Waals surface area (Å²) in [6.45, 7) is 8.75. The third-order valence-corrected chi connectivity index (χ3v) is 6.34. The Balaban J connectivity index is 1.87. The van der Waals surface area contributed by atoms with Gasteiger partial charge in [-0.2, -0.15) is 11.8 Å². The summed E-state index contributed by atoms with van der Waals surface area (Å²) in [4.78, 5) is 6.28. The van der Waals surface area contributed by atoms with Gasteiger partial charge in [0.1, 0.15) is 0 Å². The molecule has 0 amide bonds. The second-order valence-electron chi connectivity index (χ2n) is 5.68. The van der Waals surface area contributed by atoms with Crippen molar-refractivity contribution in [3.8, 4) is 0 Å². The molecule has 0 saturated carbocycles. The normalized spacial score (nSPS) is 17.9. The lowest BCUT2D eigenvalue weighted by molar-refractivity contribution is 0.0793. The molecular formula is C17H29N3OS2. The number of nitrogens with zero attached hydrogens (tertiary/aromatic N) is 1. The molecule has 0 aromatic carbocycles. The molecule has 4 nitrogen and oxygen atoms in total. The van der Waals surface area contributed by atoms with Gasteiger partial charge in [-0.15, -0.1) is 11.3 Å². The fraction of sp³-hybridized carbons (Fsp3) is 0.706. The summed E-state index contributed by atoms with van der Waals surface area (Å²) in [6, 6.07) is 4.29. The van der Waals surface area contributed by atoms with E-state index in [1.807, 2.05) is 23.1 Å². The summed E-state index contributed by atoms with van der Waals surface area (Å²) < 4.78 is 5.79. The maximum absolute atomic E-state index is 5.54. The molecule has 1 saturated heterocycles. The number of hydrogen-bond acceptors (Lipinski definition) is 4. The van der Waals surface area contributed by atoms with Crippen LogP contribution in [0.1, 0.15) is 31.6 Å². The van der Waals surface area contributed by atoms with Crippen molar-refractivity contribution in [3.05, 3.63) is 22.4 Å². The van der Waals surface area contributed by atoms with E-state index in [0.29, 0.717) is 0 Å². The van der Waals surface area contributed by atoms with Crippen LogP contribution in [0.4, 0.5) is 0 Å². The highest BCUT2D eigenvalue weighted by atomic mass is 32.2. The van der Waals surface area contributed by atoms with Gasteiger partial charge in [0.15, 0.2) is 5.96 Å². The zero-order valence-corrected chi connectivity index (χ0v) is 15.9. The second-order valence-corrected chi connectivity index (χ2v) is 8.44. The monoisotopic (exact) mass is 355 g/mol. The maximum Gasteiger partial charge on any atom is 0.191 e. The summed E-state index contributed by atoms with van der Waals surface area (Å²) in [6.07, 6.45) is 3.25. The van der Waals surface area contributed by atoms with Crippen molar-refractivity contribution in [3.63, 3.8) is 0 Å². The number of ether oxygens (including phenoxy) is 1. The Morgan fingerprint density at radius 3 is 2.83 bits per heavy atom. The highest BCUT2D eigenvalue weighted by Crippen LogP contribution is 2.35. The predicted molar refractivity (Wildman–Crippen MR) is 103 cm³/mol. The van der Waals surface area contributed by atoms with Gasteiger partial charge in [-0.05, 0) is 43.4 Å². The van der Waals surface area contributed by atoms with Gasteiger partial charge in [0.2, 0.25) is 0 Å². The van der Waals surface area contributed by atoms with Crippen LogP contribution in [0.5, 0.6) is 0 Å². The molecule has 2 rings (SSSR count). The van der Waals surface area contributed by atoms with E-state index in [0.717, 1.165) is 63.8 Å². The molecule has 0 bridgehead atoms. The predicted octanol–water partition coefficient (Wildman–Crippen LogP) is 3.15. The van der Waals surface area contributed by atoms with E-state index in [-0.39, 0.29) is 4.75 Å². The van der Waals surface area contributed by atoms with Gasteiger partial charge < -0.3 is 15.4 Å². The first kappa shape index (κ1) is 18.6. The van der Waals surface area contributed by atoms with Crippen molar-refractivity contribution in [2.45, 2.75) is 37.9 Å². The Labute approximate surface area is 148 Å². The molecule has 0 spiro atoms. The van der Waals surface area contributed by atoms with E-state index < -0.39 is 0 Å². The fourth-order valence-electron chi connectivity index (χ4n) is 2.72. The summed E-state index contributed by atoms with van der Waals surface area (Å²) in [7, 11) is 0. The maximum atomic E-state index is 5.54. The summed E-state index contributed by atoms with van der Waals surface area (Å²) in [5, 5.41) is 8.96. The number of nitrogens with one attached hydrogen (secondary N) is 2. The average molecular weight is 356 g/mol. The van der Waals surface area contributed by atoms with Gasteiger partial charge in [0.05, 0.1) is 6.54 Å². The van der Waals surface area contributed by atoms with Crippen LogP contribution >= 0.6 is 23.1 Å². The van der Waals surface area contributed by atoms with Crippen LogP contribution in [0, 0.1) is 0 Å². The van der Waals surface area contributed by atoms with E-state index in [4.69, 9.17) is 9.73 Å². The van der Waals surface area contributed by atoms with Crippen molar-refractivity contribution >= 4 is 29.1 Å². The van der Waals surface area contributed by atoms with Gasteiger partial charge in [-0.1, -0.05) is 13.0 Å². The molecule has 1 aliphatic rings. The quantitative estimate of drug-likeness (QED) is 0.555. The highest BCUT2D eigenvalue weighted by Gasteiger charge is 2.32. The molecule has 1 aliphatic heterocycles. The Kier molecular flexibility index (Phi) is 8.26. The van der Waals surface area contributed by atoms with Gasteiger partial charge in [0.25, 0.3) is 0 Å². The molecule has 1 fully saturated rings. The van der Waals surface area contributed by atoms with Crippen LogP contribution in [0.2, 0.25) is 0 Å². The van der Waals surface area contributed by atoms with Crippen LogP contribution in [0.25, 0.3) is 0 Å². The van der Waals surface area contributed by atoms with Crippen molar-refractivity contribution in [2.75, 3.05) is 38.6 Å². The molecule has 1 aromatic rings. The minimum Gasteiger partial charge on any atom is -0.381 e. The van der Waals surface area contributed by atoms with Crippen LogP contribution in [0.15, 0.2) is 22.5 Å². The van der Waals surface area contributed by atoms with E-state index in [1.165, 1.54) is 4.88 Å². The molecule has 0 unspecified atom stereocenters. The first-order valence-corrected chi connectivity index (χ1v) is 10.4. The molecule has 1 aromatic heterocycles. The largest absolute Gasteiger partial charge is 0.381 e. The van der Waals surface area contributed by atoms with E-state index in [9.17, 15) is 0 Å². The smallest absolute Gasteiger partial charge is 0.191 e. The molecule has 2 N–H and O–H groups in total. The van der Waals surface area contributed by atoms with Crippen molar-refractivity contribution in [1.82, 2.24) is 10.6 Å². The third-order valence-electron chi connectivity index (χ3n) is 3.97. The SMILES string of the molecule is CCNC(=NCC1(SCC)CCOCC1)NCCc1cccs1. The molecule has 0 radical (unpaired) electrons. The third kappa shape index (κ3) is 6.36. The second kappa shape index (κ2) is 10.2. The number of guanidine groups is 1. The van der Waals surface area contributed by atoms with Crippen molar-refractivity contribution < 1.29 is 4.74 Å². The van der Waals surface area contributed by atoms with E-state index in [2.05, 4.69) is 42.0 Å². The van der Waals surface area contributed by atoms with Gasteiger partial charge in [-0.25, -0.2) is 0 Å². The summed E-state index contributed by atoms with van der Waals surface area (Å²) in [5.41, 5.74) is 0. The Morgan fingerprint density at radius 2 is 2.17 bits per heavy atom. The standard InChI is InChI=1S/C17H29N3OS2/c1-3-18-16(19-10-7-15-6-5-13-22-15)20-14-17(23-4-2)8-11-21-12-9-17/h5-6,13H,3-4,7-12,14H2,1-2H3,(H2,18,19,20). The zero-order chi connectivity index (χ0) is 16.4. The first-order chi connectivity index (χ1) is 11.3. The minimum atomic E-state index is 0.253. The summed E-state index contributed by atoms with van der Waals surface area (Å²) in [5.74, 6) is 2.07. The molecular weight excluding hydrogens is 326 g/mol. The average Bonchev–Trinajstić information content (AvgIpc) is 3.07. The molecule has 2 heterocycles. The van der Waals surface area contributed by atoms with Crippen molar-refractivity contribution in [1.29, 1.82) is 0 Å². The van der Waals surface area contributed by atoms with Crippen molar-refractivity contribution in [2.24, 2.45) is 4.99 Å². The van der Waals surface area contributed by atoms with Gasteiger partial charge in [-0.3, -0.25) is 4.99 Å². The highest BCUT2D eigenvalue weighted by molar-refractivity contribution is 8.00. The van der Waals surface area contributed by atoms with Crippen LogP contribution in [-0.2, 0) is 11.2 Å². The fourth-order valence-corrected chi connectivity index (χ4v) is 4.65. The van der Waals surface area contributed by atoms with E-state index in [1.54, 1.807) is 0 Å². The lowest BCUT2D eigenvalue weighted by Crippen LogP contribution is -2.41. The Bertz CT molecular complexity index is 451. The van der Waals surface area contributed by atoms with Crippen LogP contribution in [0.3, 0.4) is 0 Å². The Morgan fingerprint density at radius 1 is 1.35 bits per heavy atom. The number of rotatable bonds is 8. The summed E-state index contributed by atoms with van der Waals surface area (Å²) >= 11 is 3.85. The number of hydrogen-bond donors (Lipinski definition) is 2. The molecule has 0 atom stereocenters. The first-order valence-electron chi connectivity index (χ1n) is 8.54. The Hall–Kier alpha value is -0.720. The van der Waals surface area contributed by atoms with Gasteiger partial charge in [0, 0.05) is 35.9 Å². The lowest BCUT2D eigenvalue weighted by atomic mass is 9.99. The molecule has 6 heteroatoms. The lowest BCUT2D eigenvalue weighted by Gasteiger charge is -2.35. The van der Waals surface area contributed by atoms with Crippen LogP contribution < -0.4 is 10.6 Å². The minimum absolute atomic E-state index is 0.253. The zero-order valence-electron chi connectivity index (χ0n) is 14.3. The molecule has 130 valence electrons. The van der Waals surface area contributed by atoms with Gasteiger partial charge >= 0.3 is 0 Å².